The first-order chi connectivity index (χ1) is 16.5. The number of amides is 3. The lowest BCUT2D eigenvalue weighted by Gasteiger charge is -2.27. The molecule has 0 aliphatic carbocycles. The summed E-state index contributed by atoms with van der Waals surface area (Å²) in [5.74, 6) is -3.54. The Hall–Kier alpha value is -3.02. The van der Waals surface area contributed by atoms with Gasteiger partial charge in [-0.25, -0.2) is 4.79 Å². The topological polar surface area (TPSA) is 197 Å². The van der Waals surface area contributed by atoms with Crippen molar-refractivity contribution in [3.05, 3.63) is 35.9 Å². The van der Waals surface area contributed by atoms with Crippen LogP contribution in [0.2, 0.25) is 0 Å². The number of nitrogens with two attached hydrogens (primary N) is 2. The van der Waals surface area contributed by atoms with Crippen molar-refractivity contribution in [1.29, 1.82) is 0 Å². The van der Waals surface area contributed by atoms with E-state index in [1.54, 1.807) is 38.1 Å². The summed E-state index contributed by atoms with van der Waals surface area (Å²) in [6.45, 7) is 5.20. The Labute approximate surface area is 206 Å². The average molecular weight is 494 g/mol. The highest BCUT2D eigenvalue weighted by molar-refractivity contribution is 5.94. The number of carbonyl (C=O) groups is 4. The van der Waals surface area contributed by atoms with Gasteiger partial charge in [0.15, 0.2) is 0 Å². The molecule has 0 spiro atoms. The molecule has 11 heteroatoms. The Morgan fingerprint density at radius 3 is 2.00 bits per heavy atom. The van der Waals surface area contributed by atoms with Crippen LogP contribution in [0, 0.1) is 5.92 Å². The summed E-state index contributed by atoms with van der Waals surface area (Å²) >= 11 is 0. The Balaban J connectivity index is 3.02. The van der Waals surface area contributed by atoms with Crippen molar-refractivity contribution in [2.45, 2.75) is 76.7 Å². The number of hydrogen-bond acceptors (Lipinski definition) is 7. The molecule has 5 unspecified atom stereocenters. The smallest absolute Gasteiger partial charge is 0.326 e. The number of carboxylic acids is 1. The summed E-state index contributed by atoms with van der Waals surface area (Å²) in [7, 11) is 0. The second-order valence-corrected chi connectivity index (χ2v) is 8.93. The quantitative estimate of drug-likeness (QED) is 0.155. The van der Waals surface area contributed by atoms with Crippen LogP contribution >= 0.6 is 0 Å². The fraction of sp³-hybridized carbons (Fsp3) is 0.583. The van der Waals surface area contributed by atoms with Crippen LogP contribution in [0.1, 0.15) is 45.6 Å². The maximum atomic E-state index is 13.2. The number of benzene rings is 1. The van der Waals surface area contributed by atoms with Gasteiger partial charge in [0.05, 0.1) is 6.10 Å². The second kappa shape index (κ2) is 15.1. The van der Waals surface area contributed by atoms with Crippen LogP contribution < -0.4 is 27.4 Å². The summed E-state index contributed by atoms with van der Waals surface area (Å²) in [5, 5.41) is 26.8. The molecule has 1 aromatic rings. The summed E-state index contributed by atoms with van der Waals surface area (Å²) in [4.78, 5) is 50.1. The second-order valence-electron chi connectivity index (χ2n) is 8.93. The zero-order valence-electron chi connectivity index (χ0n) is 20.6. The first-order valence-corrected chi connectivity index (χ1v) is 11.8. The van der Waals surface area contributed by atoms with Gasteiger partial charge in [-0.2, -0.15) is 0 Å². The maximum Gasteiger partial charge on any atom is 0.326 e. The normalized spacial score (nSPS) is 15.4. The van der Waals surface area contributed by atoms with Crippen LogP contribution in [0.5, 0.6) is 0 Å². The van der Waals surface area contributed by atoms with E-state index in [0.717, 1.165) is 5.56 Å². The minimum absolute atomic E-state index is 0.119. The predicted octanol–water partition coefficient (Wildman–Crippen LogP) is -0.739. The lowest BCUT2D eigenvalue weighted by Crippen LogP contribution is -2.59. The van der Waals surface area contributed by atoms with Crippen molar-refractivity contribution in [2.24, 2.45) is 17.4 Å². The third-order valence-electron chi connectivity index (χ3n) is 5.55. The van der Waals surface area contributed by atoms with Crippen LogP contribution in [-0.2, 0) is 25.6 Å². The van der Waals surface area contributed by atoms with Gasteiger partial charge in [0.2, 0.25) is 17.7 Å². The van der Waals surface area contributed by atoms with Crippen LogP contribution in [0.4, 0.5) is 0 Å². The fourth-order valence-corrected chi connectivity index (χ4v) is 3.35. The molecule has 9 N–H and O–H groups in total. The number of aliphatic hydroxyl groups excluding tert-OH is 1. The first-order valence-electron chi connectivity index (χ1n) is 11.8. The van der Waals surface area contributed by atoms with E-state index in [-0.39, 0.29) is 18.8 Å². The lowest BCUT2D eigenvalue weighted by atomic mass is 10.00. The van der Waals surface area contributed by atoms with Gasteiger partial charge in [-0.15, -0.1) is 0 Å². The Morgan fingerprint density at radius 2 is 1.49 bits per heavy atom. The van der Waals surface area contributed by atoms with Crippen molar-refractivity contribution in [1.82, 2.24) is 16.0 Å². The first kappa shape index (κ1) is 30.0. The van der Waals surface area contributed by atoms with Gasteiger partial charge in [0.25, 0.3) is 0 Å². The standard InChI is InChI=1S/C24H39N5O6/c1-14(2)20(23(33)27-17(24(34)35)11-7-8-12-25)29-21(31)18(13-16-9-5-4-6-10-16)28-22(32)19(26)15(3)30/h4-6,9-10,14-15,17-20,30H,7-8,11-13,25-26H2,1-3H3,(H,27,33)(H,28,32)(H,29,31)(H,34,35). The highest BCUT2D eigenvalue weighted by atomic mass is 16.4. The molecule has 0 saturated carbocycles. The van der Waals surface area contributed by atoms with Crippen molar-refractivity contribution in [3.8, 4) is 0 Å². The Morgan fingerprint density at radius 1 is 0.886 bits per heavy atom. The largest absolute Gasteiger partial charge is 0.480 e. The third kappa shape index (κ3) is 10.4. The molecular weight excluding hydrogens is 454 g/mol. The number of nitrogens with one attached hydrogen (secondary N) is 3. The molecule has 1 aromatic carbocycles. The number of carbonyl (C=O) groups excluding carboxylic acids is 3. The fourth-order valence-electron chi connectivity index (χ4n) is 3.35. The molecule has 1 rings (SSSR count). The lowest BCUT2D eigenvalue weighted by molar-refractivity contribution is -0.142. The number of aliphatic carboxylic acids is 1. The van der Waals surface area contributed by atoms with Gasteiger partial charge in [0.1, 0.15) is 24.2 Å². The summed E-state index contributed by atoms with van der Waals surface area (Å²) < 4.78 is 0. The SMILES string of the molecule is CC(C)C(NC(=O)C(Cc1ccccc1)NC(=O)C(N)C(C)O)C(=O)NC(CCCCN)C(=O)O. The van der Waals surface area contributed by atoms with E-state index in [4.69, 9.17) is 11.5 Å². The van der Waals surface area contributed by atoms with Crippen LogP contribution in [0.15, 0.2) is 30.3 Å². The van der Waals surface area contributed by atoms with Gasteiger partial charge < -0.3 is 37.6 Å². The molecule has 0 fully saturated rings. The summed E-state index contributed by atoms with van der Waals surface area (Å²) in [6.07, 6.45) is 0.354. The minimum atomic E-state index is -1.24. The third-order valence-corrected chi connectivity index (χ3v) is 5.55. The van der Waals surface area contributed by atoms with Gasteiger partial charge in [0, 0.05) is 6.42 Å². The molecule has 0 aliphatic heterocycles. The Kier molecular flexibility index (Phi) is 12.9. The molecule has 11 nitrogen and oxygen atoms in total. The highest BCUT2D eigenvalue weighted by Crippen LogP contribution is 2.09. The molecule has 0 radical (unpaired) electrons. The summed E-state index contributed by atoms with van der Waals surface area (Å²) in [6, 6.07) is 4.48. The predicted molar refractivity (Wildman–Crippen MR) is 131 cm³/mol. The highest BCUT2D eigenvalue weighted by Gasteiger charge is 2.32. The van der Waals surface area contributed by atoms with Crippen molar-refractivity contribution in [2.75, 3.05) is 6.54 Å². The minimum Gasteiger partial charge on any atom is -0.480 e. The van der Waals surface area contributed by atoms with Gasteiger partial charge in [-0.1, -0.05) is 44.2 Å². The van der Waals surface area contributed by atoms with E-state index < -0.39 is 54.0 Å². The molecule has 0 bridgehead atoms. The van der Waals surface area contributed by atoms with Crippen molar-refractivity contribution < 1.29 is 29.4 Å². The van der Waals surface area contributed by atoms with Crippen LogP contribution in [0.25, 0.3) is 0 Å². The maximum absolute atomic E-state index is 13.2. The number of unbranched alkanes of at least 4 members (excludes halogenated alkanes) is 1. The molecule has 0 aliphatic rings. The van der Waals surface area contributed by atoms with E-state index >= 15 is 0 Å². The van der Waals surface area contributed by atoms with Gasteiger partial charge >= 0.3 is 5.97 Å². The van der Waals surface area contributed by atoms with Crippen LogP contribution in [-0.4, -0.2) is 70.7 Å². The monoisotopic (exact) mass is 493 g/mol. The molecule has 196 valence electrons. The Bertz CT molecular complexity index is 833. The molecule has 0 aromatic heterocycles. The van der Waals surface area contributed by atoms with Gasteiger partial charge in [-0.3, -0.25) is 14.4 Å². The van der Waals surface area contributed by atoms with Crippen LogP contribution in [0.3, 0.4) is 0 Å². The van der Waals surface area contributed by atoms with Crippen molar-refractivity contribution >= 4 is 23.7 Å². The number of hydrogen-bond donors (Lipinski definition) is 7. The summed E-state index contributed by atoms with van der Waals surface area (Å²) in [5.41, 5.74) is 11.9. The van der Waals surface area contributed by atoms with E-state index in [0.29, 0.717) is 19.4 Å². The molecule has 5 atom stereocenters. The zero-order chi connectivity index (χ0) is 26.5. The molecule has 35 heavy (non-hydrogen) atoms. The molecule has 0 saturated heterocycles. The number of aliphatic hydroxyl groups is 1. The molecule has 3 amide bonds. The number of carboxylic acid groups (broad SMARTS) is 1. The van der Waals surface area contributed by atoms with E-state index in [2.05, 4.69) is 16.0 Å². The van der Waals surface area contributed by atoms with E-state index in [1.165, 1.54) is 6.92 Å². The average Bonchev–Trinajstić information content (AvgIpc) is 2.80. The van der Waals surface area contributed by atoms with E-state index in [9.17, 15) is 29.4 Å². The molecular formula is C24H39N5O6. The van der Waals surface area contributed by atoms with E-state index in [1.807, 2.05) is 6.07 Å². The zero-order valence-corrected chi connectivity index (χ0v) is 20.6. The van der Waals surface area contributed by atoms with Gasteiger partial charge in [-0.05, 0) is 44.2 Å². The van der Waals surface area contributed by atoms with Crippen molar-refractivity contribution in [3.63, 3.8) is 0 Å². The molecule has 0 heterocycles. The number of rotatable bonds is 15.